The highest BCUT2D eigenvalue weighted by Gasteiger charge is 2.34. The Labute approximate surface area is 199 Å². The summed E-state index contributed by atoms with van der Waals surface area (Å²) in [7, 11) is 0. The van der Waals surface area contributed by atoms with E-state index in [2.05, 4.69) is 103 Å². The number of halogens is 1. The molecule has 31 heavy (non-hydrogen) atoms. The van der Waals surface area contributed by atoms with Gasteiger partial charge < -0.3 is 17.0 Å². The van der Waals surface area contributed by atoms with Crippen LogP contribution in [0.25, 0.3) is 22.4 Å². The van der Waals surface area contributed by atoms with Gasteiger partial charge in [-0.2, -0.15) is 0 Å². The molecule has 0 spiro atoms. The molecule has 1 aromatic heterocycles. The Morgan fingerprint density at radius 1 is 0.871 bits per heavy atom. The predicted molar refractivity (Wildman–Crippen MR) is 127 cm³/mol. The van der Waals surface area contributed by atoms with Gasteiger partial charge in [-0.3, -0.25) is 0 Å². The largest absolute Gasteiger partial charge is 1.00 e. The van der Waals surface area contributed by atoms with E-state index >= 15 is 0 Å². The second-order valence-corrected chi connectivity index (χ2v) is 9.43. The molecular formula is C27H27BrN2S. The van der Waals surface area contributed by atoms with Crippen LogP contribution in [0.3, 0.4) is 0 Å². The molecule has 5 rings (SSSR count). The van der Waals surface area contributed by atoms with Crippen molar-refractivity contribution >= 4 is 16.5 Å². The fourth-order valence-corrected chi connectivity index (χ4v) is 5.67. The molecule has 2 nitrogen and oxygen atoms in total. The molecule has 0 atom stereocenters. The molecule has 4 heteroatoms. The van der Waals surface area contributed by atoms with Crippen LogP contribution in [0.4, 0.5) is 5.13 Å². The standard InChI is InChI=1S/C27H27N2S.BrH/c1-19-9-14-25(20(2)17-19)26-21(3)30-27-28(15-16-29(26)27)18-22-10-12-24(13-11-22)23-7-5-4-6-8-23;/h4-14,17H,15-16,18H2,1-3H3;1H/q+1;/p-1. The van der Waals surface area contributed by atoms with Gasteiger partial charge in [0.25, 0.3) is 0 Å². The molecule has 1 aliphatic rings. The van der Waals surface area contributed by atoms with Crippen molar-refractivity contribution in [3.05, 3.63) is 94.4 Å². The van der Waals surface area contributed by atoms with Gasteiger partial charge in [0, 0.05) is 5.56 Å². The summed E-state index contributed by atoms with van der Waals surface area (Å²) >= 11 is 1.93. The number of nitrogens with zero attached hydrogens (tertiary/aromatic N) is 2. The lowest BCUT2D eigenvalue weighted by Gasteiger charge is -2.09. The molecule has 0 radical (unpaired) electrons. The fourth-order valence-electron chi connectivity index (χ4n) is 4.50. The summed E-state index contributed by atoms with van der Waals surface area (Å²) in [4.78, 5) is 3.93. The van der Waals surface area contributed by atoms with E-state index in [0.717, 1.165) is 19.6 Å². The SMILES string of the molecule is Cc1ccc(-c2c(C)sc3[n+]2CCN3Cc2ccc(-c3ccccc3)cc2)c(C)c1.[Br-]. The van der Waals surface area contributed by atoms with Crippen molar-refractivity contribution in [1.29, 1.82) is 0 Å². The molecule has 0 unspecified atom stereocenters. The number of benzene rings is 3. The normalized spacial score (nSPS) is 12.5. The maximum Gasteiger partial charge on any atom is 0.337 e. The Kier molecular flexibility index (Phi) is 6.31. The Morgan fingerprint density at radius 3 is 2.29 bits per heavy atom. The van der Waals surface area contributed by atoms with Crippen LogP contribution in [0.15, 0.2) is 72.8 Å². The van der Waals surface area contributed by atoms with Crippen molar-refractivity contribution in [1.82, 2.24) is 0 Å². The molecule has 3 aromatic carbocycles. The van der Waals surface area contributed by atoms with Crippen molar-refractivity contribution in [3.63, 3.8) is 0 Å². The lowest BCUT2D eigenvalue weighted by Crippen LogP contribution is -3.00. The molecule has 0 bridgehead atoms. The topological polar surface area (TPSA) is 7.12 Å². The maximum atomic E-state index is 2.53. The van der Waals surface area contributed by atoms with Gasteiger partial charge >= 0.3 is 5.13 Å². The molecule has 0 N–H and O–H groups in total. The number of anilines is 1. The Bertz CT molecular complexity index is 1200. The van der Waals surface area contributed by atoms with E-state index in [1.165, 1.54) is 49.1 Å². The van der Waals surface area contributed by atoms with Crippen molar-refractivity contribution in [2.45, 2.75) is 33.9 Å². The van der Waals surface area contributed by atoms with Crippen LogP contribution >= 0.6 is 11.3 Å². The van der Waals surface area contributed by atoms with E-state index in [-0.39, 0.29) is 17.0 Å². The van der Waals surface area contributed by atoms with Gasteiger partial charge in [-0.05, 0) is 43.0 Å². The van der Waals surface area contributed by atoms with E-state index in [4.69, 9.17) is 0 Å². The van der Waals surface area contributed by atoms with Crippen LogP contribution in [-0.2, 0) is 13.1 Å². The first-order chi connectivity index (χ1) is 14.6. The van der Waals surface area contributed by atoms with E-state index in [1.807, 2.05) is 11.3 Å². The van der Waals surface area contributed by atoms with Crippen molar-refractivity contribution in [2.24, 2.45) is 0 Å². The molecule has 1 aliphatic heterocycles. The average molecular weight is 491 g/mol. The highest BCUT2D eigenvalue weighted by Crippen LogP contribution is 2.35. The molecule has 2 heterocycles. The number of hydrogen-bond acceptors (Lipinski definition) is 2. The summed E-state index contributed by atoms with van der Waals surface area (Å²) in [6.07, 6.45) is 0. The summed E-state index contributed by atoms with van der Waals surface area (Å²) in [5.74, 6) is 0. The number of hydrogen-bond donors (Lipinski definition) is 0. The van der Waals surface area contributed by atoms with Gasteiger partial charge in [0.2, 0.25) is 0 Å². The van der Waals surface area contributed by atoms with Crippen LogP contribution in [0.1, 0.15) is 21.6 Å². The third-order valence-electron chi connectivity index (χ3n) is 6.01. The number of aryl methyl sites for hydroxylation is 3. The first-order valence-corrected chi connectivity index (χ1v) is 11.4. The molecule has 4 aromatic rings. The maximum absolute atomic E-state index is 2.53. The smallest absolute Gasteiger partial charge is 0.337 e. The van der Waals surface area contributed by atoms with Gasteiger partial charge in [-0.15, -0.1) is 0 Å². The Balaban J connectivity index is 0.00000231. The lowest BCUT2D eigenvalue weighted by atomic mass is 10.0. The first-order valence-electron chi connectivity index (χ1n) is 10.6. The van der Waals surface area contributed by atoms with E-state index in [1.54, 1.807) is 0 Å². The molecule has 0 fully saturated rings. The summed E-state index contributed by atoms with van der Waals surface area (Å²) in [5.41, 5.74) is 9.37. The zero-order valence-corrected chi connectivity index (χ0v) is 20.6. The molecule has 0 aliphatic carbocycles. The molecule has 0 saturated heterocycles. The quantitative estimate of drug-likeness (QED) is 0.398. The summed E-state index contributed by atoms with van der Waals surface area (Å²) in [6, 6.07) is 26.4. The highest BCUT2D eigenvalue weighted by atomic mass is 79.9. The Morgan fingerprint density at radius 2 is 1.58 bits per heavy atom. The lowest BCUT2D eigenvalue weighted by molar-refractivity contribution is -0.656. The third kappa shape index (κ3) is 4.19. The third-order valence-corrected chi connectivity index (χ3v) is 7.17. The summed E-state index contributed by atoms with van der Waals surface area (Å²) in [5, 5.41) is 1.38. The van der Waals surface area contributed by atoms with Crippen molar-refractivity contribution in [3.8, 4) is 22.4 Å². The summed E-state index contributed by atoms with van der Waals surface area (Å²) < 4.78 is 2.52. The minimum absolute atomic E-state index is 0. The van der Waals surface area contributed by atoms with E-state index in [9.17, 15) is 0 Å². The van der Waals surface area contributed by atoms with Gasteiger partial charge in [-0.1, -0.05) is 89.7 Å². The van der Waals surface area contributed by atoms with E-state index < -0.39 is 0 Å². The number of thiazole rings is 1. The van der Waals surface area contributed by atoms with E-state index in [0.29, 0.717) is 0 Å². The van der Waals surface area contributed by atoms with Gasteiger partial charge in [0.15, 0.2) is 0 Å². The average Bonchev–Trinajstić information content (AvgIpc) is 3.28. The Hall–Kier alpha value is -2.43. The van der Waals surface area contributed by atoms with Crippen molar-refractivity contribution < 1.29 is 21.5 Å². The monoisotopic (exact) mass is 490 g/mol. The van der Waals surface area contributed by atoms with Crippen molar-refractivity contribution in [2.75, 3.05) is 11.4 Å². The minimum atomic E-state index is 0. The number of aromatic nitrogens is 1. The van der Waals surface area contributed by atoms with Crippen LogP contribution in [0.5, 0.6) is 0 Å². The second-order valence-electron chi connectivity index (χ2n) is 8.24. The minimum Gasteiger partial charge on any atom is -1.00 e. The van der Waals surface area contributed by atoms with Gasteiger partial charge in [0.05, 0.1) is 4.88 Å². The summed E-state index contributed by atoms with van der Waals surface area (Å²) in [6.45, 7) is 9.75. The zero-order chi connectivity index (χ0) is 20.7. The van der Waals surface area contributed by atoms with Crippen LogP contribution in [0, 0.1) is 20.8 Å². The molecule has 0 saturated carbocycles. The zero-order valence-electron chi connectivity index (χ0n) is 18.2. The molecular weight excluding hydrogens is 464 g/mol. The number of rotatable bonds is 4. The highest BCUT2D eigenvalue weighted by molar-refractivity contribution is 7.15. The first kappa shape index (κ1) is 21.8. The van der Waals surface area contributed by atoms with Crippen LogP contribution in [-0.4, -0.2) is 6.54 Å². The van der Waals surface area contributed by atoms with Gasteiger partial charge in [0.1, 0.15) is 25.3 Å². The number of fused-ring (bicyclic) bond motifs is 1. The van der Waals surface area contributed by atoms with Gasteiger partial charge in [-0.25, -0.2) is 9.47 Å². The molecule has 0 amide bonds. The van der Waals surface area contributed by atoms with Crippen LogP contribution < -0.4 is 26.4 Å². The predicted octanol–water partition coefficient (Wildman–Crippen LogP) is 3.32. The van der Waals surface area contributed by atoms with Crippen LogP contribution in [0.2, 0.25) is 0 Å². The fraction of sp³-hybridized carbons (Fsp3) is 0.222. The second kappa shape index (κ2) is 8.97. The molecule has 158 valence electrons.